The number of hydrogen-bond acceptors (Lipinski definition) is 4. The summed E-state index contributed by atoms with van der Waals surface area (Å²) in [6, 6.07) is 10.2. The first kappa shape index (κ1) is 15.1. The highest BCUT2D eigenvalue weighted by Gasteiger charge is 2.22. The van der Waals surface area contributed by atoms with Crippen molar-refractivity contribution in [2.24, 2.45) is 0 Å². The zero-order chi connectivity index (χ0) is 13.4. The first-order chi connectivity index (χ1) is 8.58. The highest BCUT2D eigenvalue weighted by Crippen LogP contribution is 2.23. The van der Waals surface area contributed by atoms with E-state index in [-0.39, 0.29) is 12.1 Å². The minimum atomic E-state index is -2.72. The van der Waals surface area contributed by atoms with Crippen LogP contribution in [0.5, 0.6) is 0 Å². The highest BCUT2D eigenvalue weighted by atomic mass is 32.2. The van der Waals surface area contributed by atoms with Crippen molar-refractivity contribution in [1.29, 1.82) is 0 Å². The van der Waals surface area contributed by atoms with Gasteiger partial charge in [-0.25, -0.2) is 8.42 Å². The third-order valence-electron chi connectivity index (χ3n) is 3.15. The van der Waals surface area contributed by atoms with Gasteiger partial charge in [0.15, 0.2) is 0 Å². The molecule has 1 atom stereocenters. The Labute approximate surface area is 111 Å². The summed E-state index contributed by atoms with van der Waals surface area (Å²) >= 11 is 0. The summed E-state index contributed by atoms with van der Waals surface area (Å²) in [5.41, 5.74) is 1.16. The quantitative estimate of drug-likeness (QED) is 0.559. The zero-order valence-corrected chi connectivity index (χ0v) is 11.8. The molecule has 0 aliphatic carbocycles. The molecule has 0 aliphatic rings. The summed E-state index contributed by atoms with van der Waals surface area (Å²) in [6.45, 7) is 5.24. The Morgan fingerprint density at radius 3 is 2.50 bits per heavy atom. The van der Waals surface area contributed by atoms with Gasteiger partial charge in [0.05, 0.1) is 6.61 Å². The van der Waals surface area contributed by atoms with Gasteiger partial charge in [-0.1, -0.05) is 37.3 Å². The molecule has 0 bridgehead atoms. The molecule has 0 spiro atoms. The lowest BCUT2D eigenvalue weighted by molar-refractivity contribution is 0.298. The highest BCUT2D eigenvalue weighted by molar-refractivity contribution is 7.67. The Bertz CT molecular complexity index is 412. The van der Waals surface area contributed by atoms with E-state index in [9.17, 15) is 8.42 Å². The van der Waals surface area contributed by atoms with Gasteiger partial charge in [0.2, 0.25) is 0 Å². The van der Waals surface area contributed by atoms with Crippen LogP contribution in [0.2, 0.25) is 0 Å². The Balaban J connectivity index is 2.46. The fraction of sp³-hybridized carbons (Fsp3) is 0.538. The predicted octanol–water partition coefficient (Wildman–Crippen LogP) is 1.83. The van der Waals surface area contributed by atoms with Gasteiger partial charge >= 0.3 is 0 Å². The molecule has 1 aromatic rings. The summed E-state index contributed by atoms with van der Waals surface area (Å²) in [5.74, 6) is 0. The van der Waals surface area contributed by atoms with Crippen LogP contribution in [-0.4, -0.2) is 21.6 Å². The summed E-state index contributed by atoms with van der Waals surface area (Å²) in [6.07, 6.45) is 1.64. The molecule has 0 fully saturated rings. The lowest BCUT2D eigenvalue weighted by atomic mass is 9.89. The van der Waals surface area contributed by atoms with Gasteiger partial charge in [-0.3, -0.25) is 4.18 Å². The van der Waals surface area contributed by atoms with Crippen molar-refractivity contribution >= 4 is 11.0 Å². The van der Waals surface area contributed by atoms with Crippen molar-refractivity contribution in [1.82, 2.24) is 5.32 Å². The molecule has 4 nitrogen and oxygen atoms in total. The van der Waals surface area contributed by atoms with Crippen LogP contribution in [-0.2, 0) is 20.7 Å². The SMILES string of the molecule is CCC(C)(NCCCO[SH](=O)=O)c1ccccc1. The van der Waals surface area contributed by atoms with Crippen molar-refractivity contribution in [3.8, 4) is 0 Å². The number of thiol groups is 1. The average molecular weight is 271 g/mol. The van der Waals surface area contributed by atoms with Crippen molar-refractivity contribution in [3.63, 3.8) is 0 Å². The number of nitrogens with one attached hydrogen (secondary N) is 1. The van der Waals surface area contributed by atoms with Gasteiger partial charge in [-0.2, -0.15) is 0 Å². The maximum atomic E-state index is 10.2. The summed E-state index contributed by atoms with van der Waals surface area (Å²) < 4.78 is 25.0. The predicted molar refractivity (Wildman–Crippen MR) is 73.0 cm³/mol. The molecular formula is C13H21NO3S. The van der Waals surface area contributed by atoms with E-state index < -0.39 is 11.0 Å². The van der Waals surface area contributed by atoms with Crippen molar-refractivity contribution < 1.29 is 12.6 Å². The van der Waals surface area contributed by atoms with E-state index in [2.05, 4.69) is 35.5 Å². The lowest BCUT2D eigenvalue weighted by Gasteiger charge is -2.30. The van der Waals surface area contributed by atoms with E-state index in [1.807, 2.05) is 18.2 Å². The third-order valence-corrected chi connectivity index (χ3v) is 3.54. The molecule has 18 heavy (non-hydrogen) atoms. The average Bonchev–Trinajstić information content (AvgIpc) is 2.38. The van der Waals surface area contributed by atoms with Crippen LogP contribution in [0.3, 0.4) is 0 Å². The first-order valence-corrected chi connectivity index (χ1v) is 7.26. The van der Waals surface area contributed by atoms with E-state index in [0.717, 1.165) is 13.0 Å². The molecule has 0 saturated heterocycles. The van der Waals surface area contributed by atoms with E-state index in [1.54, 1.807) is 0 Å². The Hall–Kier alpha value is -0.910. The van der Waals surface area contributed by atoms with Crippen molar-refractivity contribution in [3.05, 3.63) is 35.9 Å². The molecule has 5 heteroatoms. The zero-order valence-electron chi connectivity index (χ0n) is 10.9. The molecule has 102 valence electrons. The van der Waals surface area contributed by atoms with Gasteiger partial charge in [0.1, 0.15) is 0 Å². The molecule has 1 aromatic carbocycles. The topological polar surface area (TPSA) is 55.4 Å². The second kappa shape index (κ2) is 7.51. The number of benzene rings is 1. The largest absolute Gasteiger partial charge is 0.308 e. The van der Waals surface area contributed by atoms with Crippen LogP contribution in [0.1, 0.15) is 32.3 Å². The van der Waals surface area contributed by atoms with Crippen LogP contribution >= 0.6 is 0 Å². The van der Waals surface area contributed by atoms with Crippen LogP contribution < -0.4 is 5.32 Å². The van der Waals surface area contributed by atoms with E-state index in [0.29, 0.717) is 6.42 Å². The molecule has 0 saturated carbocycles. The second-order valence-corrected chi connectivity index (χ2v) is 5.09. The maximum absolute atomic E-state index is 10.2. The monoisotopic (exact) mass is 271 g/mol. The van der Waals surface area contributed by atoms with Crippen LogP contribution in [0.4, 0.5) is 0 Å². The summed E-state index contributed by atoms with van der Waals surface area (Å²) in [4.78, 5) is 0. The summed E-state index contributed by atoms with van der Waals surface area (Å²) in [5, 5.41) is 3.46. The molecule has 0 aliphatic heterocycles. The van der Waals surface area contributed by atoms with Crippen LogP contribution in [0, 0.1) is 0 Å². The molecule has 0 amide bonds. The van der Waals surface area contributed by atoms with Gasteiger partial charge < -0.3 is 5.32 Å². The first-order valence-electron chi connectivity index (χ1n) is 6.16. The Morgan fingerprint density at radius 2 is 1.94 bits per heavy atom. The van der Waals surface area contributed by atoms with Crippen molar-refractivity contribution in [2.75, 3.05) is 13.2 Å². The standard InChI is InChI=1S/C13H21NO3S/c1-3-13(2,12-8-5-4-6-9-12)14-10-7-11-17-18(15)16/h4-6,8-9,14,18H,3,7,10-11H2,1-2H3. The molecule has 1 unspecified atom stereocenters. The Morgan fingerprint density at radius 1 is 1.28 bits per heavy atom. The lowest BCUT2D eigenvalue weighted by Crippen LogP contribution is -2.39. The molecular weight excluding hydrogens is 250 g/mol. The van der Waals surface area contributed by atoms with Gasteiger partial charge in [0, 0.05) is 5.54 Å². The van der Waals surface area contributed by atoms with E-state index in [4.69, 9.17) is 0 Å². The molecule has 1 N–H and O–H groups in total. The van der Waals surface area contributed by atoms with E-state index >= 15 is 0 Å². The van der Waals surface area contributed by atoms with Gasteiger partial charge in [0.25, 0.3) is 11.0 Å². The number of rotatable bonds is 8. The minimum Gasteiger partial charge on any atom is -0.308 e. The maximum Gasteiger partial charge on any atom is 0.257 e. The third kappa shape index (κ3) is 4.76. The van der Waals surface area contributed by atoms with E-state index in [1.165, 1.54) is 5.56 Å². The smallest absolute Gasteiger partial charge is 0.257 e. The fourth-order valence-electron chi connectivity index (χ4n) is 1.81. The second-order valence-electron chi connectivity index (χ2n) is 4.39. The molecule has 0 radical (unpaired) electrons. The van der Waals surface area contributed by atoms with Crippen LogP contribution in [0.15, 0.2) is 30.3 Å². The normalized spacial score (nSPS) is 14.6. The van der Waals surface area contributed by atoms with Gasteiger partial charge in [-0.05, 0) is 31.9 Å². The minimum absolute atomic E-state index is 0.0824. The summed E-state index contributed by atoms with van der Waals surface area (Å²) in [7, 11) is -2.72. The van der Waals surface area contributed by atoms with Crippen molar-refractivity contribution in [2.45, 2.75) is 32.2 Å². The number of hydrogen-bond donors (Lipinski definition) is 2. The molecule has 0 heterocycles. The van der Waals surface area contributed by atoms with Crippen LogP contribution in [0.25, 0.3) is 0 Å². The fourth-order valence-corrected chi connectivity index (χ4v) is 2.09. The molecule has 0 aromatic heterocycles. The molecule has 1 rings (SSSR count). The Kier molecular flexibility index (Phi) is 6.32. The van der Waals surface area contributed by atoms with Gasteiger partial charge in [-0.15, -0.1) is 0 Å².